The van der Waals surface area contributed by atoms with E-state index in [1.54, 1.807) is 43.5 Å². The van der Waals surface area contributed by atoms with Crippen LogP contribution in [0.3, 0.4) is 0 Å². The van der Waals surface area contributed by atoms with Gasteiger partial charge in [0.2, 0.25) is 5.91 Å². The molecule has 3 rings (SSSR count). The van der Waals surface area contributed by atoms with Gasteiger partial charge in [-0.2, -0.15) is 0 Å². The van der Waals surface area contributed by atoms with Crippen molar-refractivity contribution in [1.82, 2.24) is 10.2 Å². The van der Waals surface area contributed by atoms with Gasteiger partial charge in [0.15, 0.2) is 5.78 Å². The summed E-state index contributed by atoms with van der Waals surface area (Å²) in [6.45, 7) is 2.59. The highest BCUT2D eigenvalue weighted by atomic mass is 19.1. The topological polar surface area (TPSA) is 88.1 Å². The zero-order valence-corrected chi connectivity index (χ0v) is 22.4. The van der Waals surface area contributed by atoms with Crippen LogP contribution in [0.4, 0.5) is 4.39 Å². The van der Waals surface area contributed by atoms with Crippen LogP contribution in [0.25, 0.3) is 0 Å². The molecule has 2 N–H and O–H groups in total. The number of hydrogen-bond acceptors (Lipinski definition) is 6. The lowest BCUT2D eigenvalue weighted by Crippen LogP contribution is -2.46. The maximum absolute atomic E-state index is 12.8. The highest BCUT2D eigenvalue weighted by molar-refractivity contribution is 5.96. The number of unbranched alkanes of at least 4 members (excludes halogenated alkanes) is 2. The summed E-state index contributed by atoms with van der Waals surface area (Å²) in [7, 11) is 1.59. The van der Waals surface area contributed by atoms with Gasteiger partial charge >= 0.3 is 0 Å². The first-order chi connectivity index (χ1) is 18.5. The number of hydrogen-bond donors (Lipinski definition) is 2. The number of likely N-dealkylation sites (tertiary alicyclic amines) is 1. The normalized spacial score (nSPS) is 15.1. The molecule has 1 heterocycles. The van der Waals surface area contributed by atoms with Crippen molar-refractivity contribution in [2.75, 3.05) is 40.0 Å². The molecule has 0 bridgehead atoms. The summed E-state index contributed by atoms with van der Waals surface area (Å²) in [6.07, 6.45) is 4.39. The van der Waals surface area contributed by atoms with Gasteiger partial charge in [0.05, 0.1) is 26.4 Å². The Balaban J connectivity index is 1.49. The van der Waals surface area contributed by atoms with Crippen molar-refractivity contribution < 1.29 is 28.6 Å². The lowest BCUT2D eigenvalue weighted by Gasteiger charge is -2.29. The monoisotopic (exact) mass is 528 g/mol. The van der Waals surface area contributed by atoms with Gasteiger partial charge in [-0.1, -0.05) is 12.1 Å². The quantitative estimate of drug-likeness (QED) is 0.225. The number of ketones is 1. The largest absolute Gasteiger partial charge is 0.497 e. The number of amides is 1. The molecule has 1 amide bonds. The highest BCUT2D eigenvalue weighted by Crippen LogP contribution is 2.23. The Labute approximate surface area is 225 Å². The molecule has 38 heavy (non-hydrogen) atoms. The molecule has 0 radical (unpaired) electrons. The molecule has 0 unspecified atom stereocenters. The molecular formula is C30H41FN2O5. The molecule has 8 heteroatoms. The van der Waals surface area contributed by atoms with Gasteiger partial charge in [0.25, 0.3) is 0 Å². The summed E-state index contributed by atoms with van der Waals surface area (Å²) in [6, 6.07) is 13.8. The van der Waals surface area contributed by atoms with E-state index in [0.717, 1.165) is 25.9 Å². The summed E-state index contributed by atoms with van der Waals surface area (Å²) in [5, 5.41) is 14.2. The average Bonchev–Trinajstić information content (AvgIpc) is 3.46. The minimum absolute atomic E-state index is 0.0465. The van der Waals surface area contributed by atoms with Gasteiger partial charge in [-0.3, -0.25) is 14.0 Å². The number of nitrogens with zero attached hydrogens (tertiary/aromatic N) is 1. The number of alkyl halides is 1. The Morgan fingerprint density at radius 3 is 2.26 bits per heavy atom. The van der Waals surface area contributed by atoms with E-state index in [1.807, 2.05) is 12.1 Å². The van der Waals surface area contributed by atoms with Gasteiger partial charge in [-0.05, 0) is 93.6 Å². The molecule has 1 fully saturated rings. The van der Waals surface area contributed by atoms with Crippen molar-refractivity contribution in [3.05, 3.63) is 59.7 Å². The van der Waals surface area contributed by atoms with E-state index in [4.69, 9.17) is 9.47 Å². The van der Waals surface area contributed by atoms with Crippen LogP contribution in [0.5, 0.6) is 11.5 Å². The van der Waals surface area contributed by atoms with Crippen molar-refractivity contribution in [3.8, 4) is 11.5 Å². The number of Topliss-reactive ketones (excluding diaryl/α,β-unsaturated/α-hetero) is 1. The number of ether oxygens (including phenoxy) is 2. The summed E-state index contributed by atoms with van der Waals surface area (Å²) >= 11 is 0. The highest BCUT2D eigenvalue weighted by Gasteiger charge is 2.26. The SMILES string of the molecule is COc1ccc(C(=O)CCCCC(=O)N[C@H](CN2CCCC2)[C@@H](O)c2ccc(OCCCCF)cc2)cc1. The lowest BCUT2D eigenvalue weighted by atomic mass is 10.0. The summed E-state index contributed by atoms with van der Waals surface area (Å²) in [5.41, 5.74) is 1.34. The molecule has 2 aromatic carbocycles. The fourth-order valence-electron chi connectivity index (χ4n) is 4.62. The molecule has 208 valence electrons. The van der Waals surface area contributed by atoms with Crippen molar-refractivity contribution in [1.29, 1.82) is 0 Å². The van der Waals surface area contributed by atoms with Crippen LogP contribution in [0.2, 0.25) is 0 Å². The Bertz CT molecular complexity index is 977. The number of benzene rings is 2. The van der Waals surface area contributed by atoms with Crippen molar-refractivity contribution in [3.63, 3.8) is 0 Å². The first-order valence-corrected chi connectivity index (χ1v) is 13.7. The number of aliphatic hydroxyl groups is 1. The number of nitrogens with one attached hydrogen (secondary N) is 1. The van der Waals surface area contributed by atoms with Crippen LogP contribution in [-0.2, 0) is 4.79 Å². The fourth-order valence-corrected chi connectivity index (χ4v) is 4.62. The fraction of sp³-hybridized carbons (Fsp3) is 0.533. The zero-order chi connectivity index (χ0) is 27.2. The standard InChI is InChI=1S/C30H41FN2O5/c1-37-25-14-10-23(11-15-25)28(34)8-2-3-9-29(35)32-27(22-33-19-5-6-20-33)30(36)24-12-16-26(17-13-24)38-21-7-4-18-31/h10-17,27,30,36H,2-9,18-22H2,1H3,(H,32,35)/t27-,30+/m1/s1. The van der Waals surface area contributed by atoms with E-state index < -0.39 is 12.1 Å². The van der Waals surface area contributed by atoms with Crippen molar-refractivity contribution >= 4 is 11.7 Å². The van der Waals surface area contributed by atoms with Crippen LogP contribution >= 0.6 is 0 Å². The van der Waals surface area contributed by atoms with Gasteiger partial charge in [0.1, 0.15) is 17.6 Å². The molecule has 7 nitrogen and oxygen atoms in total. The molecule has 0 saturated carbocycles. The van der Waals surface area contributed by atoms with Gasteiger partial charge < -0.3 is 24.8 Å². The number of methoxy groups -OCH3 is 1. The van der Waals surface area contributed by atoms with Crippen LogP contribution in [0.1, 0.15) is 73.4 Å². The second-order valence-corrected chi connectivity index (χ2v) is 9.80. The van der Waals surface area contributed by atoms with E-state index in [-0.39, 0.29) is 18.4 Å². The van der Waals surface area contributed by atoms with Gasteiger partial charge in [-0.25, -0.2) is 0 Å². The Morgan fingerprint density at radius 2 is 1.61 bits per heavy atom. The number of halogens is 1. The van der Waals surface area contributed by atoms with Gasteiger partial charge in [-0.15, -0.1) is 0 Å². The number of aliphatic hydroxyl groups excluding tert-OH is 1. The minimum atomic E-state index is -0.864. The second-order valence-electron chi connectivity index (χ2n) is 9.80. The maximum atomic E-state index is 12.8. The van der Waals surface area contributed by atoms with E-state index >= 15 is 0 Å². The predicted octanol–water partition coefficient (Wildman–Crippen LogP) is 4.88. The van der Waals surface area contributed by atoms with Gasteiger partial charge in [0, 0.05) is 24.9 Å². The lowest BCUT2D eigenvalue weighted by molar-refractivity contribution is -0.123. The minimum Gasteiger partial charge on any atom is -0.497 e. The smallest absolute Gasteiger partial charge is 0.220 e. The molecule has 2 aromatic rings. The average molecular weight is 529 g/mol. The molecular weight excluding hydrogens is 487 g/mol. The summed E-state index contributed by atoms with van der Waals surface area (Å²) < 4.78 is 23.0. The van der Waals surface area contributed by atoms with E-state index in [2.05, 4.69) is 10.2 Å². The molecule has 1 aliphatic heterocycles. The zero-order valence-electron chi connectivity index (χ0n) is 22.4. The van der Waals surface area contributed by atoms with E-state index in [0.29, 0.717) is 74.3 Å². The molecule has 0 aliphatic carbocycles. The summed E-state index contributed by atoms with van der Waals surface area (Å²) in [5.74, 6) is 1.30. The van der Waals surface area contributed by atoms with Crippen LogP contribution in [0.15, 0.2) is 48.5 Å². The number of carbonyl (C=O) groups is 2. The maximum Gasteiger partial charge on any atom is 0.220 e. The molecule has 1 aliphatic rings. The number of rotatable bonds is 17. The molecule has 0 spiro atoms. The first kappa shape index (κ1) is 29.6. The van der Waals surface area contributed by atoms with Crippen molar-refractivity contribution in [2.45, 2.75) is 63.5 Å². The third-order valence-corrected chi connectivity index (χ3v) is 6.87. The second kappa shape index (κ2) is 16.1. The molecule has 2 atom stereocenters. The number of carbonyl (C=O) groups excluding carboxylic acids is 2. The third-order valence-electron chi connectivity index (χ3n) is 6.87. The van der Waals surface area contributed by atoms with Crippen LogP contribution < -0.4 is 14.8 Å². The Hall–Kier alpha value is -2.97. The predicted molar refractivity (Wildman–Crippen MR) is 146 cm³/mol. The van der Waals surface area contributed by atoms with E-state index in [9.17, 15) is 19.1 Å². The Kier molecular flexibility index (Phi) is 12.5. The van der Waals surface area contributed by atoms with Crippen LogP contribution in [0, 0.1) is 0 Å². The first-order valence-electron chi connectivity index (χ1n) is 13.7. The Morgan fingerprint density at radius 1 is 0.947 bits per heavy atom. The van der Waals surface area contributed by atoms with Crippen molar-refractivity contribution in [2.24, 2.45) is 0 Å². The molecule has 1 saturated heterocycles. The van der Waals surface area contributed by atoms with E-state index in [1.165, 1.54) is 0 Å². The summed E-state index contributed by atoms with van der Waals surface area (Å²) in [4.78, 5) is 27.5. The third kappa shape index (κ3) is 9.72. The molecule has 0 aromatic heterocycles. The van der Waals surface area contributed by atoms with Crippen LogP contribution in [-0.4, -0.2) is 67.8 Å².